The molecule has 2 nitrogen and oxygen atoms in total. The molecule has 0 unspecified atom stereocenters. The molecule has 0 fully saturated rings. The molecule has 0 atom stereocenters. The third kappa shape index (κ3) is 3.60. The molecule has 21 heavy (non-hydrogen) atoms. The average Bonchev–Trinajstić information content (AvgIpc) is 2.44. The highest BCUT2D eigenvalue weighted by molar-refractivity contribution is 9.10. The van der Waals surface area contributed by atoms with Gasteiger partial charge in [-0.2, -0.15) is 0 Å². The highest BCUT2D eigenvalue weighted by Crippen LogP contribution is 2.27. The fraction of sp³-hybridized carbons (Fsp3) is 0.133. The molecule has 2 aromatic carbocycles. The summed E-state index contributed by atoms with van der Waals surface area (Å²) < 4.78 is 27.1. The van der Waals surface area contributed by atoms with E-state index in [-0.39, 0.29) is 18.0 Å². The Hall–Kier alpha value is -1.46. The monoisotopic (exact) mass is 373 g/mol. The second-order valence-corrected chi connectivity index (χ2v) is 5.73. The molecule has 110 valence electrons. The molecule has 0 aliphatic carbocycles. The number of benzene rings is 2. The summed E-state index contributed by atoms with van der Waals surface area (Å²) in [5.74, 6) is -1.68. The van der Waals surface area contributed by atoms with Crippen LogP contribution in [0.15, 0.2) is 40.9 Å². The molecule has 0 saturated carbocycles. The maximum absolute atomic E-state index is 13.6. The number of carbonyl (C=O) groups is 1. The van der Waals surface area contributed by atoms with Gasteiger partial charge < -0.3 is 4.90 Å². The molecular formula is C15H11BrClF2NO. The van der Waals surface area contributed by atoms with Crippen molar-refractivity contribution < 1.29 is 13.6 Å². The van der Waals surface area contributed by atoms with Crippen molar-refractivity contribution in [1.29, 1.82) is 0 Å². The first-order valence-corrected chi connectivity index (χ1v) is 7.20. The van der Waals surface area contributed by atoms with Gasteiger partial charge in [-0.05, 0) is 34.1 Å². The zero-order valence-corrected chi connectivity index (χ0v) is 13.4. The summed E-state index contributed by atoms with van der Waals surface area (Å²) in [5.41, 5.74) is 0.550. The van der Waals surface area contributed by atoms with Crippen LogP contribution in [0.4, 0.5) is 8.78 Å². The van der Waals surface area contributed by atoms with Crippen LogP contribution in [0.25, 0.3) is 0 Å². The van der Waals surface area contributed by atoms with Crippen LogP contribution in [0.2, 0.25) is 5.02 Å². The van der Waals surface area contributed by atoms with E-state index in [2.05, 4.69) is 15.9 Å². The zero-order chi connectivity index (χ0) is 15.6. The third-order valence-electron chi connectivity index (χ3n) is 2.95. The van der Waals surface area contributed by atoms with Crippen LogP contribution < -0.4 is 0 Å². The Kier molecular flexibility index (Phi) is 4.96. The van der Waals surface area contributed by atoms with Crippen molar-refractivity contribution in [2.75, 3.05) is 7.05 Å². The van der Waals surface area contributed by atoms with E-state index in [4.69, 9.17) is 11.6 Å². The number of hydrogen-bond acceptors (Lipinski definition) is 1. The van der Waals surface area contributed by atoms with Gasteiger partial charge in [-0.3, -0.25) is 4.79 Å². The first-order chi connectivity index (χ1) is 9.90. The fourth-order valence-corrected chi connectivity index (χ4v) is 2.42. The van der Waals surface area contributed by atoms with Crippen molar-refractivity contribution in [2.24, 2.45) is 0 Å². The summed E-state index contributed by atoms with van der Waals surface area (Å²) in [5, 5.41) is 0.300. The molecule has 6 heteroatoms. The van der Waals surface area contributed by atoms with E-state index in [0.717, 1.165) is 12.1 Å². The number of amides is 1. The summed E-state index contributed by atoms with van der Waals surface area (Å²) in [6, 6.07) is 8.26. The van der Waals surface area contributed by atoms with Crippen molar-refractivity contribution in [2.45, 2.75) is 6.54 Å². The van der Waals surface area contributed by atoms with Crippen LogP contribution in [0.3, 0.4) is 0 Å². The number of hydrogen-bond donors (Lipinski definition) is 0. The number of rotatable bonds is 3. The highest BCUT2D eigenvalue weighted by Gasteiger charge is 2.18. The van der Waals surface area contributed by atoms with E-state index < -0.39 is 11.6 Å². The number of carbonyl (C=O) groups excluding carboxylic acids is 1. The molecule has 0 bridgehead atoms. The molecule has 0 radical (unpaired) electrons. The van der Waals surface area contributed by atoms with E-state index in [1.807, 2.05) is 0 Å². The van der Waals surface area contributed by atoms with Gasteiger partial charge in [0.1, 0.15) is 11.6 Å². The Morgan fingerprint density at radius 1 is 1.29 bits per heavy atom. The molecule has 0 heterocycles. The van der Waals surface area contributed by atoms with Gasteiger partial charge in [0.2, 0.25) is 0 Å². The van der Waals surface area contributed by atoms with Gasteiger partial charge in [-0.15, -0.1) is 0 Å². The van der Waals surface area contributed by atoms with Crippen LogP contribution >= 0.6 is 27.5 Å². The average molecular weight is 375 g/mol. The smallest absolute Gasteiger partial charge is 0.255 e. The largest absolute Gasteiger partial charge is 0.337 e. The second kappa shape index (κ2) is 6.54. The van der Waals surface area contributed by atoms with Gasteiger partial charge in [-0.25, -0.2) is 8.78 Å². The maximum atomic E-state index is 13.6. The minimum Gasteiger partial charge on any atom is -0.337 e. The summed E-state index contributed by atoms with van der Waals surface area (Å²) in [6.07, 6.45) is 0. The summed E-state index contributed by atoms with van der Waals surface area (Å²) >= 11 is 9.31. The third-order valence-corrected chi connectivity index (χ3v) is 4.25. The van der Waals surface area contributed by atoms with Crippen LogP contribution in [0.1, 0.15) is 15.9 Å². The van der Waals surface area contributed by atoms with Gasteiger partial charge in [0.25, 0.3) is 5.91 Å². The van der Waals surface area contributed by atoms with Gasteiger partial charge in [0, 0.05) is 29.7 Å². The van der Waals surface area contributed by atoms with Crippen LogP contribution in [0, 0.1) is 11.6 Å². The Labute approximate surface area is 134 Å². The molecular weight excluding hydrogens is 364 g/mol. The molecule has 2 rings (SSSR count). The fourth-order valence-electron chi connectivity index (χ4n) is 1.85. The SMILES string of the molecule is CN(Cc1ccc(F)cc1F)C(=O)c1cccc(Br)c1Cl. The maximum Gasteiger partial charge on any atom is 0.255 e. The lowest BCUT2D eigenvalue weighted by Crippen LogP contribution is -2.27. The Morgan fingerprint density at radius 3 is 2.67 bits per heavy atom. The Morgan fingerprint density at radius 2 is 2.00 bits per heavy atom. The first-order valence-electron chi connectivity index (χ1n) is 6.03. The normalized spacial score (nSPS) is 10.5. The van der Waals surface area contributed by atoms with Gasteiger partial charge in [0.15, 0.2) is 0 Å². The quantitative estimate of drug-likeness (QED) is 0.765. The molecule has 1 amide bonds. The summed E-state index contributed by atoms with van der Waals surface area (Å²) in [7, 11) is 1.53. The van der Waals surface area contributed by atoms with Crippen molar-refractivity contribution in [3.05, 3.63) is 68.7 Å². The Bertz CT molecular complexity index is 693. The van der Waals surface area contributed by atoms with Crippen molar-refractivity contribution in [3.8, 4) is 0 Å². The van der Waals surface area contributed by atoms with Crippen molar-refractivity contribution in [3.63, 3.8) is 0 Å². The topological polar surface area (TPSA) is 20.3 Å². The van der Waals surface area contributed by atoms with Crippen LogP contribution in [-0.2, 0) is 6.54 Å². The number of halogens is 4. The Balaban J connectivity index is 2.21. The van der Waals surface area contributed by atoms with E-state index >= 15 is 0 Å². The molecule has 0 aliphatic rings. The lowest BCUT2D eigenvalue weighted by molar-refractivity contribution is 0.0784. The zero-order valence-electron chi connectivity index (χ0n) is 11.0. The molecule has 2 aromatic rings. The van der Waals surface area contributed by atoms with E-state index in [0.29, 0.717) is 15.1 Å². The summed E-state index contributed by atoms with van der Waals surface area (Å²) in [4.78, 5) is 13.6. The lowest BCUT2D eigenvalue weighted by atomic mass is 10.1. The van der Waals surface area contributed by atoms with Gasteiger partial charge in [-0.1, -0.05) is 23.7 Å². The molecule has 0 saturated heterocycles. The highest BCUT2D eigenvalue weighted by atomic mass is 79.9. The van der Waals surface area contributed by atoms with E-state index in [1.165, 1.54) is 18.0 Å². The number of nitrogens with zero attached hydrogens (tertiary/aromatic N) is 1. The van der Waals surface area contributed by atoms with Crippen molar-refractivity contribution in [1.82, 2.24) is 4.90 Å². The van der Waals surface area contributed by atoms with E-state index in [1.54, 1.807) is 18.2 Å². The minimum absolute atomic E-state index is 0.0216. The summed E-state index contributed by atoms with van der Waals surface area (Å²) in [6.45, 7) is 0.0216. The minimum atomic E-state index is -0.685. The lowest BCUT2D eigenvalue weighted by Gasteiger charge is -2.18. The van der Waals surface area contributed by atoms with Gasteiger partial charge in [0.05, 0.1) is 10.6 Å². The molecule has 0 spiro atoms. The second-order valence-electron chi connectivity index (χ2n) is 4.50. The predicted octanol–water partition coefficient (Wildman–Crippen LogP) is 4.65. The van der Waals surface area contributed by atoms with E-state index in [9.17, 15) is 13.6 Å². The first kappa shape index (κ1) is 15.9. The predicted molar refractivity (Wildman–Crippen MR) is 81.3 cm³/mol. The molecule has 0 aliphatic heterocycles. The molecule has 0 N–H and O–H groups in total. The van der Waals surface area contributed by atoms with Crippen LogP contribution in [0.5, 0.6) is 0 Å². The van der Waals surface area contributed by atoms with Gasteiger partial charge >= 0.3 is 0 Å². The van der Waals surface area contributed by atoms with Crippen LogP contribution in [-0.4, -0.2) is 17.9 Å². The van der Waals surface area contributed by atoms with Crippen molar-refractivity contribution >= 4 is 33.4 Å². The molecule has 0 aromatic heterocycles. The standard InChI is InChI=1S/C15H11BrClF2NO/c1-20(8-9-5-6-10(18)7-13(9)19)15(21)11-3-2-4-12(16)14(11)17/h2-7H,8H2,1H3.